The molecular formula is C11H18O. The Balaban J connectivity index is 2.50. The molecule has 1 N–H and O–H groups in total. The van der Waals surface area contributed by atoms with Crippen LogP contribution in [0.1, 0.15) is 33.6 Å². The minimum Gasteiger partial charge on any atom is -0.396 e. The molecule has 12 heavy (non-hydrogen) atoms. The second kappa shape index (κ2) is 3.44. The van der Waals surface area contributed by atoms with E-state index in [9.17, 15) is 0 Å². The Morgan fingerprint density at radius 1 is 1.33 bits per heavy atom. The van der Waals surface area contributed by atoms with E-state index in [4.69, 9.17) is 5.11 Å². The predicted octanol–water partition coefficient (Wildman–Crippen LogP) is 2.67. The van der Waals surface area contributed by atoms with Crippen molar-refractivity contribution in [1.29, 1.82) is 0 Å². The van der Waals surface area contributed by atoms with Crippen molar-refractivity contribution in [3.8, 4) is 0 Å². The van der Waals surface area contributed by atoms with E-state index in [1.165, 1.54) is 11.1 Å². The average Bonchev–Trinajstić information content (AvgIpc) is 2.35. The van der Waals surface area contributed by atoms with Crippen molar-refractivity contribution >= 4 is 0 Å². The summed E-state index contributed by atoms with van der Waals surface area (Å²) < 4.78 is 0. The van der Waals surface area contributed by atoms with E-state index in [-0.39, 0.29) is 12.0 Å². The van der Waals surface area contributed by atoms with Crippen molar-refractivity contribution < 1.29 is 5.11 Å². The molecule has 0 bridgehead atoms. The van der Waals surface area contributed by atoms with E-state index < -0.39 is 0 Å². The summed E-state index contributed by atoms with van der Waals surface area (Å²) in [7, 11) is 0. The molecule has 0 fully saturated rings. The van der Waals surface area contributed by atoms with Gasteiger partial charge < -0.3 is 5.11 Å². The van der Waals surface area contributed by atoms with Crippen LogP contribution >= 0.6 is 0 Å². The number of aliphatic hydroxyl groups is 1. The second-order valence-electron chi connectivity index (χ2n) is 4.42. The molecule has 1 nitrogen and oxygen atoms in total. The third kappa shape index (κ3) is 2.21. The van der Waals surface area contributed by atoms with Gasteiger partial charge in [-0.2, -0.15) is 0 Å². The third-order valence-electron chi connectivity index (χ3n) is 2.33. The molecule has 1 heteroatoms. The van der Waals surface area contributed by atoms with Crippen molar-refractivity contribution in [2.45, 2.75) is 33.6 Å². The molecule has 0 aromatic heterocycles. The maximum Gasteiger partial charge on any atom is 0.0468 e. The smallest absolute Gasteiger partial charge is 0.0468 e. The molecule has 0 unspecified atom stereocenters. The highest BCUT2D eigenvalue weighted by Crippen LogP contribution is 2.34. The van der Waals surface area contributed by atoms with Crippen molar-refractivity contribution in [2.24, 2.45) is 5.41 Å². The van der Waals surface area contributed by atoms with Crippen LogP contribution in [-0.4, -0.2) is 11.7 Å². The van der Waals surface area contributed by atoms with E-state index in [0.717, 1.165) is 12.8 Å². The summed E-state index contributed by atoms with van der Waals surface area (Å²) in [6, 6.07) is 0. The summed E-state index contributed by atoms with van der Waals surface area (Å²) in [5.74, 6) is 0. The van der Waals surface area contributed by atoms with Gasteiger partial charge in [-0.25, -0.2) is 0 Å². The largest absolute Gasteiger partial charge is 0.396 e. The lowest BCUT2D eigenvalue weighted by Crippen LogP contribution is -2.08. The van der Waals surface area contributed by atoms with Crippen LogP contribution in [0.4, 0.5) is 0 Å². The molecule has 0 spiro atoms. The molecule has 0 aliphatic heterocycles. The first-order valence-electron chi connectivity index (χ1n) is 4.54. The summed E-state index contributed by atoms with van der Waals surface area (Å²) in [5, 5.41) is 8.75. The number of hydrogen-bond acceptors (Lipinski definition) is 1. The Bertz CT molecular complexity index is 216. The molecule has 0 aromatic rings. The van der Waals surface area contributed by atoms with E-state index in [2.05, 4.69) is 32.9 Å². The molecular weight excluding hydrogens is 148 g/mol. The summed E-state index contributed by atoms with van der Waals surface area (Å²) in [6.07, 6.45) is 6.24. The normalized spacial score (nSPS) is 17.7. The molecule has 0 aromatic carbocycles. The maximum absolute atomic E-state index is 8.75. The number of rotatable bonds is 2. The van der Waals surface area contributed by atoms with Gasteiger partial charge in [-0.05, 0) is 18.3 Å². The standard InChI is InChI=1S/C11H18O/c1-11(2,3)10-5-4-9(8-10)6-7-12/h4-5,12H,6-8H2,1-3H3. The van der Waals surface area contributed by atoms with Crippen molar-refractivity contribution in [1.82, 2.24) is 0 Å². The van der Waals surface area contributed by atoms with Gasteiger partial charge in [0.1, 0.15) is 0 Å². The Kier molecular flexibility index (Phi) is 2.73. The van der Waals surface area contributed by atoms with Gasteiger partial charge >= 0.3 is 0 Å². The zero-order valence-corrected chi connectivity index (χ0v) is 8.22. The van der Waals surface area contributed by atoms with E-state index in [1.54, 1.807) is 0 Å². The second-order valence-corrected chi connectivity index (χ2v) is 4.42. The fraction of sp³-hybridized carbons (Fsp3) is 0.636. The first kappa shape index (κ1) is 9.53. The van der Waals surface area contributed by atoms with E-state index >= 15 is 0 Å². The SMILES string of the molecule is CC(C)(C)C1=CC=C(CCO)C1. The highest BCUT2D eigenvalue weighted by molar-refractivity contribution is 5.33. The first-order chi connectivity index (χ1) is 5.54. The summed E-state index contributed by atoms with van der Waals surface area (Å²) in [5.41, 5.74) is 3.13. The predicted molar refractivity (Wildman–Crippen MR) is 51.9 cm³/mol. The van der Waals surface area contributed by atoms with Gasteiger partial charge in [-0.15, -0.1) is 0 Å². The van der Waals surface area contributed by atoms with Crippen LogP contribution in [0, 0.1) is 5.41 Å². The van der Waals surface area contributed by atoms with E-state index in [0.29, 0.717) is 0 Å². The monoisotopic (exact) mass is 166 g/mol. The zero-order valence-electron chi connectivity index (χ0n) is 8.22. The van der Waals surface area contributed by atoms with Gasteiger partial charge in [0.2, 0.25) is 0 Å². The van der Waals surface area contributed by atoms with Gasteiger partial charge in [-0.3, -0.25) is 0 Å². The number of hydrogen-bond donors (Lipinski definition) is 1. The highest BCUT2D eigenvalue weighted by atomic mass is 16.2. The van der Waals surface area contributed by atoms with Crippen molar-refractivity contribution in [3.63, 3.8) is 0 Å². The molecule has 0 atom stereocenters. The third-order valence-corrected chi connectivity index (χ3v) is 2.33. The van der Waals surface area contributed by atoms with Crippen molar-refractivity contribution in [3.05, 3.63) is 23.3 Å². The minimum atomic E-state index is 0.275. The van der Waals surface area contributed by atoms with Crippen LogP contribution in [0.25, 0.3) is 0 Å². The Morgan fingerprint density at radius 3 is 2.42 bits per heavy atom. The summed E-state index contributed by atoms with van der Waals surface area (Å²) >= 11 is 0. The molecule has 0 saturated carbocycles. The van der Waals surface area contributed by atoms with E-state index in [1.807, 2.05) is 0 Å². The molecule has 1 aliphatic rings. The van der Waals surface area contributed by atoms with Crippen LogP contribution in [0.5, 0.6) is 0 Å². The van der Waals surface area contributed by atoms with Crippen LogP contribution in [0.15, 0.2) is 23.3 Å². The minimum absolute atomic E-state index is 0.275. The molecule has 0 amide bonds. The van der Waals surface area contributed by atoms with Crippen LogP contribution in [0.2, 0.25) is 0 Å². The molecule has 0 saturated heterocycles. The topological polar surface area (TPSA) is 20.2 Å². The lowest BCUT2D eigenvalue weighted by Gasteiger charge is -2.20. The quantitative estimate of drug-likeness (QED) is 0.668. The Hall–Kier alpha value is -0.560. The molecule has 0 radical (unpaired) electrons. The van der Waals surface area contributed by atoms with Gasteiger partial charge in [0.25, 0.3) is 0 Å². The zero-order chi connectivity index (χ0) is 9.19. The molecule has 68 valence electrons. The van der Waals surface area contributed by atoms with Crippen molar-refractivity contribution in [2.75, 3.05) is 6.61 Å². The fourth-order valence-electron chi connectivity index (χ4n) is 1.41. The van der Waals surface area contributed by atoms with Gasteiger partial charge in [0.15, 0.2) is 0 Å². The van der Waals surface area contributed by atoms with Gasteiger partial charge in [0.05, 0.1) is 0 Å². The Morgan fingerprint density at radius 2 is 2.00 bits per heavy atom. The summed E-state index contributed by atoms with van der Waals surface area (Å²) in [4.78, 5) is 0. The first-order valence-corrected chi connectivity index (χ1v) is 4.54. The molecule has 0 heterocycles. The number of aliphatic hydroxyl groups excluding tert-OH is 1. The van der Waals surface area contributed by atoms with Crippen LogP contribution in [0.3, 0.4) is 0 Å². The molecule has 1 rings (SSSR count). The van der Waals surface area contributed by atoms with Crippen LogP contribution < -0.4 is 0 Å². The highest BCUT2D eigenvalue weighted by Gasteiger charge is 2.20. The van der Waals surface area contributed by atoms with Crippen LogP contribution in [-0.2, 0) is 0 Å². The number of allylic oxidation sites excluding steroid dienone is 3. The average molecular weight is 166 g/mol. The lowest BCUT2D eigenvalue weighted by atomic mass is 9.85. The fourth-order valence-corrected chi connectivity index (χ4v) is 1.41. The van der Waals surface area contributed by atoms with Gasteiger partial charge in [0, 0.05) is 6.61 Å². The molecule has 1 aliphatic carbocycles. The Labute approximate surface area is 74.8 Å². The summed E-state index contributed by atoms with van der Waals surface area (Å²) in [6.45, 7) is 6.97. The lowest BCUT2D eigenvalue weighted by molar-refractivity contribution is 0.298. The maximum atomic E-state index is 8.75. The van der Waals surface area contributed by atoms with Gasteiger partial charge in [-0.1, -0.05) is 44.1 Å².